The molecule has 1 amide bonds. The highest BCUT2D eigenvalue weighted by Gasteiger charge is 2.50. The van der Waals surface area contributed by atoms with Gasteiger partial charge in [0.2, 0.25) is 5.91 Å². The van der Waals surface area contributed by atoms with Crippen LogP contribution in [0, 0.1) is 5.41 Å². The lowest BCUT2D eigenvalue weighted by Gasteiger charge is -2.37. The number of sulfonamides is 1. The van der Waals surface area contributed by atoms with Crippen LogP contribution in [0.3, 0.4) is 0 Å². The molecule has 3 rings (SSSR count). The minimum absolute atomic E-state index is 0.0467. The van der Waals surface area contributed by atoms with Crippen LogP contribution in [0.5, 0.6) is 0 Å². The van der Waals surface area contributed by atoms with Gasteiger partial charge in [0.1, 0.15) is 0 Å². The van der Waals surface area contributed by atoms with Gasteiger partial charge < -0.3 is 9.47 Å². The first-order valence-electron chi connectivity index (χ1n) is 7.77. The summed E-state index contributed by atoms with van der Waals surface area (Å²) in [6, 6.07) is 0. The lowest BCUT2D eigenvalue weighted by atomic mass is 9.79. The molecule has 1 aromatic rings. The number of rotatable bonds is 4. The molecule has 2 fully saturated rings. The van der Waals surface area contributed by atoms with E-state index in [1.54, 1.807) is 22.6 Å². The maximum atomic E-state index is 12.8. The highest BCUT2D eigenvalue weighted by molar-refractivity contribution is 7.89. The second kappa shape index (κ2) is 5.76. The summed E-state index contributed by atoms with van der Waals surface area (Å²) in [6.07, 6.45) is 6.82. The molecule has 1 spiro atoms. The summed E-state index contributed by atoms with van der Waals surface area (Å²) in [4.78, 5) is 18.5. The van der Waals surface area contributed by atoms with Crippen LogP contribution in [-0.4, -0.2) is 59.3 Å². The summed E-state index contributed by atoms with van der Waals surface area (Å²) in [5, 5.41) is 0.0467. The third kappa shape index (κ3) is 2.70. The zero-order valence-electron chi connectivity index (χ0n) is 13.3. The fourth-order valence-electron chi connectivity index (χ4n) is 3.55. The van der Waals surface area contributed by atoms with Gasteiger partial charge in [0.15, 0.2) is 5.03 Å². The number of carbonyl (C=O) groups is 1. The van der Waals surface area contributed by atoms with Crippen LogP contribution in [0.4, 0.5) is 0 Å². The van der Waals surface area contributed by atoms with Crippen LogP contribution in [-0.2, 0) is 21.9 Å². The Balaban J connectivity index is 1.84. The van der Waals surface area contributed by atoms with Crippen LogP contribution < -0.4 is 0 Å². The quantitative estimate of drug-likeness (QED) is 0.754. The topological polar surface area (TPSA) is 75.5 Å². The van der Waals surface area contributed by atoms with Gasteiger partial charge in [-0.1, -0.05) is 6.08 Å². The molecule has 8 heteroatoms. The SMILES string of the molecule is C=CCN1CC[C@]2(CCCN(S(=O)(=O)c3cn(C)cn3)C2)C1=O. The predicted octanol–water partition coefficient (Wildman–Crippen LogP) is 0.609. The molecule has 0 saturated carbocycles. The van der Waals surface area contributed by atoms with E-state index in [2.05, 4.69) is 11.6 Å². The van der Waals surface area contributed by atoms with E-state index in [0.29, 0.717) is 32.5 Å². The third-order valence-electron chi connectivity index (χ3n) is 4.78. The van der Waals surface area contributed by atoms with Gasteiger partial charge in [0.05, 0.1) is 11.7 Å². The van der Waals surface area contributed by atoms with Gasteiger partial charge in [0, 0.05) is 39.4 Å². The van der Waals surface area contributed by atoms with E-state index in [-0.39, 0.29) is 17.5 Å². The number of imidazole rings is 1. The van der Waals surface area contributed by atoms with Crippen LogP contribution >= 0.6 is 0 Å². The Labute approximate surface area is 136 Å². The average molecular weight is 338 g/mol. The van der Waals surface area contributed by atoms with Gasteiger partial charge in [-0.15, -0.1) is 6.58 Å². The third-order valence-corrected chi connectivity index (χ3v) is 6.51. The molecule has 7 nitrogen and oxygen atoms in total. The number of aromatic nitrogens is 2. The summed E-state index contributed by atoms with van der Waals surface area (Å²) >= 11 is 0. The first-order valence-corrected chi connectivity index (χ1v) is 9.21. The molecule has 23 heavy (non-hydrogen) atoms. The minimum atomic E-state index is -3.65. The summed E-state index contributed by atoms with van der Waals surface area (Å²) in [7, 11) is -1.91. The van der Waals surface area contributed by atoms with Crippen molar-refractivity contribution in [3.05, 3.63) is 25.2 Å². The molecule has 2 aliphatic rings. The molecule has 0 N–H and O–H groups in total. The highest BCUT2D eigenvalue weighted by Crippen LogP contribution is 2.41. The van der Waals surface area contributed by atoms with Crippen molar-refractivity contribution >= 4 is 15.9 Å². The second-order valence-electron chi connectivity index (χ2n) is 6.39. The second-order valence-corrected chi connectivity index (χ2v) is 8.27. The molecule has 2 saturated heterocycles. The Bertz CT molecular complexity index is 727. The summed E-state index contributed by atoms with van der Waals surface area (Å²) in [5.41, 5.74) is -0.580. The summed E-state index contributed by atoms with van der Waals surface area (Å²) in [5.74, 6) is 0.0540. The highest BCUT2D eigenvalue weighted by atomic mass is 32.2. The van der Waals surface area contributed by atoms with Crippen LogP contribution in [0.15, 0.2) is 30.2 Å². The maximum absolute atomic E-state index is 12.8. The zero-order chi connectivity index (χ0) is 16.7. The lowest BCUT2D eigenvalue weighted by Crippen LogP contribution is -2.49. The fourth-order valence-corrected chi connectivity index (χ4v) is 5.08. The fraction of sp³-hybridized carbons (Fsp3) is 0.600. The molecule has 1 atom stereocenters. The van der Waals surface area contributed by atoms with E-state index in [9.17, 15) is 13.2 Å². The Morgan fingerprint density at radius 2 is 2.17 bits per heavy atom. The molecule has 3 heterocycles. The van der Waals surface area contributed by atoms with E-state index >= 15 is 0 Å². The van der Waals surface area contributed by atoms with Crippen molar-refractivity contribution in [2.24, 2.45) is 12.5 Å². The van der Waals surface area contributed by atoms with Crippen molar-refractivity contribution in [3.8, 4) is 0 Å². The number of amides is 1. The van der Waals surface area contributed by atoms with Gasteiger partial charge in [0.25, 0.3) is 10.0 Å². The Kier molecular flexibility index (Phi) is 4.05. The van der Waals surface area contributed by atoms with Gasteiger partial charge in [-0.05, 0) is 19.3 Å². The minimum Gasteiger partial charge on any atom is -0.339 e. The van der Waals surface area contributed by atoms with Crippen molar-refractivity contribution in [1.82, 2.24) is 18.8 Å². The number of aryl methyl sites for hydroxylation is 1. The molecule has 2 aliphatic heterocycles. The van der Waals surface area contributed by atoms with Crippen molar-refractivity contribution in [2.45, 2.75) is 24.3 Å². The Morgan fingerprint density at radius 1 is 1.39 bits per heavy atom. The number of piperidine rings is 1. The van der Waals surface area contributed by atoms with E-state index in [1.165, 1.54) is 16.8 Å². The molecule has 126 valence electrons. The normalized spacial score (nSPS) is 26.1. The number of nitrogens with zero attached hydrogens (tertiary/aromatic N) is 4. The molecule has 0 unspecified atom stereocenters. The molecule has 0 aliphatic carbocycles. The van der Waals surface area contributed by atoms with Crippen molar-refractivity contribution in [1.29, 1.82) is 0 Å². The molecule has 0 bridgehead atoms. The maximum Gasteiger partial charge on any atom is 0.262 e. The lowest BCUT2D eigenvalue weighted by molar-refractivity contribution is -0.137. The van der Waals surface area contributed by atoms with Crippen molar-refractivity contribution in [3.63, 3.8) is 0 Å². The summed E-state index contributed by atoms with van der Waals surface area (Å²) in [6.45, 7) is 5.56. The number of likely N-dealkylation sites (tertiary alicyclic amines) is 1. The monoisotopic (exact) mass is 338 g/mol. The molecular weight excluding hydrogens is 316 g/mol. The van der Waals surface area contributed by atoms with Gasteiger partial charge in [-0.3, -0.25) is 4.79 Å². The smallest absolute Gasteiger partial charge is 0.262 e. The number of hydrogen-bond donors (Lipinski definition) is 0. The number of hydrogen-bond acceptors (Lipinski definition) is 4. The summed E-state index contributed by atoms with van der Waals surface area (Å²) < 4.78 is 28.6. The van der Waals surface area contributed by atoms with Gasteiger partial charge in [-0.25, -0.2) is 13.4 Å². The molecule has 0 radical (unpaired) electrons. The average Bonchev–Trinajstić information content (AvgIpc) is 3.08. The van der Waals surface area contributed by atoms with Gasteiger partial charge >= 0.3 is 0 Å². The predicted molar refractivity (Wildman–Crippen MR) is 85.0 cm³/mol. The first kappa shape index (κ1) is 16.2. The molecule has 0 aromatic carbocycles. The van der Waals surface area contributed by atoms with Crippen molar-refractivity contribution < 1.29 is 13.2 Å². The Morgan fingerprint density at radius 3 is 2.83 bits per heavy atom. The largest absolute Gasteiger partial charge is 0.339 e. The Hall–Kier alpha value is -1.67. The first-order chi connectivity index (χ1) is 10.9. The van der Waals surface area contributed by atoms with E-state index in [0.717, 1.165) is 6.42 Å². The zero-order valence-corrected chi connectivity index (χ0v) is 14.1. The van der Waals surface area contributed by atoms with Crippen LogP contribution in [0.25, 0.3) is 0 Å². The number of carbonyl (C=O) groups excluding carboxylic acids is 1. The van der Waals surface area contributed by atoms with E-state index in [4.69, 9.17) is 0 Å². The van der Waals surface area contributed by atoms with E-state index < -0.39 is 15.4 Å². The molecule has 1 aromatic heterocycles. The van der Waals surface area contributed by atoms with Crippen LogP contribution in [0.1, 0.15) is 19.3 Å². The van der Waals surface area contributed by atoms with Crippen LogP contribution in [0.2, 0.25) is 0 Å². The van der Waals surface area contributed by atoms with E-state index in [1.807, 2.05) is 0 Å². The molecular formula is C15H22N4O3S. The van der Waals surface area contributed by atoms with Crippen molar-refractivity contribution in [2.75, 3.05) is 26.2 Å². The van der Waals surface area contributed by atoms with Gasteiger partial charge in [-0.2, -0.15) is 4.31 Å². The standard InChI is InChI=1S/C15H22N4O3S/c1-3-7-18-9-6-15(14(18)20)5-4-8-19(11-15)23(21,22)13-10-17(2)12-16-13/h3,10,12H,1,4-9,11H2,2H3/t15-/m0/s1.